The maximum absolute atomic E-state index is 6.67. The van der Waals surface area contributed by atoms with E-state index in [-0.39, 0.29) is 10.5 Å². The summed E-state index contributed by atoms with van der Waals surface area (Å²) in [6.07, 6.45) is 5.65. The molecule has 8 rings (SSSR count). The minimum absolute atomic E-state index is 0.176. The van der Waals surface area contributed by atoms with Gasteiger partial charge < -0.3 is 9.30 Å². The highest BCUT2D eigenvalue weighted by Gasteiger charge is 2.36. The Morgan fingerprint density at radius 2 is 1.72 bits per heavy atom. The number of hydrogen-bond donors (Lipinski definition) is 0. The first-order valence-corrected chi connectivity index (χ1v) is 12.3. The third-order valence-corrected chi connectivity index (χ3v) is 9.46. The standard InChI is InChI=1S/C29H19NOS/c1-17-16-18-8-2-3-9-19(18)28-27(17)31-24-14-7-13-23-29(24)32(28)25-15-6-11-21-20-10-4-5-12-22(20)30(23)26(21)25/h2-14,16H,15H2,1H3. The van der Waals surface area contributed by atoms with Gasteiger partial charge in [0.2, 0.25) is 0 Å². The molecule has 0 N–H and O–H groups in total. The summed E-state index contributed by atoms with van der Waals surface area (Å²) in [6, 6.07) is 26.4. The van der Waals surface area contributed by atoms with Crippen molar-refractivity contribution >= 4 is 43.1 Å². The van der Waals surface area contributed by atoms with Crippen LogP contribution < -0.4 is 4.74 Å². The Labute approximate surface area is 188 Å². The number of para-hydroxylation sites is 1. The average Bonchev–Trinajstić information content (AvgIpc) is 3.17. The molecule has 0 spiro atoms. The van der Waals surface area contributed by atoms with Gasteiger partial charge in [-0.05, 0) is 53.9 Å². The van der Waals surface area contributed by atoms with Crippen LogP contribution in [0.3, 0.4) is 0 Å². The number of fused-ring (bicyclic) bond motifs is 8. The zero-order valence-electron chi connectivity index (χ0n) is 17.6. The number of nitrogens with zero attached hydrogens (tertiary/aromatic N) is 1. The van der Waals surface area contributed by atoms with Crippen LogP contribution in [0.25, 0.3) is 33.4 Å². The molecule has 32 heavy (non-hydrogen) atoms. The molecule has 0 bridgehead atoms. The van der Waals surface area contributed by atoms with Gasteiger partial charge in [0.25, 0.3) is 0 Å². The van der Waals surface area contributed by atoms with E-state index in [4.69, 9.17) is 4.74 Å². The van der Waals surface area contributed by atoms with E-state index in [9.17, 15) is 0 Å². The van der Waals surface area contributed by atoms with Crippen molar-refractivity contribution in [3.05, 3.63) is 95.7 Å². The molecule has 152 valence electrons. The Bertz CT molecular complexity index is 1730. The molecule has 0 amide bonds. The Morgan fingerprint density at radius 3 is 2.66 bits per heavy atom. The number of ether oxygens (including phenoxy) is 1. The fourth-order valence-corrected chi connectivity index (χ4v) is 8.53. The predicted octanol–water partition coefficient (Wildman–Crippen LogP) is 7.84. The Balaban J connectivity index is 1.65. The topological polar surface area (TPSA) is 14.2 Å². The van der Waals surface area contributed by atoms with Gasteiger partial charge in [-0.2, -0.15) is 0 Å². The molecule has 0 saturated carbocycles. The fourth-order valence-electron chi connectivity index (χ4n) is 5.70. The first kappa shape index (κ1) is 17.0. The molecule has 3 heteroatoms. The molecule has 0 fully saturated rings. The van der Waals surface area contributed by atoms with Gasteiger partial charge in [-0.1, -0.05) is 60.7 Å². The molecule has 2 aliphatic heterocycles. The number of benzene rings is 4. The molecule has 2 nitrogen and oxygen atoms in total. The molecule has 1 aromatic heterocycles. The van der Waals surface area contributed by atoms with Gasteiger partial charge in [-0.25, -0.2) is 0 Å². The molecule has 5 aromatic rings. The summed E-state index contributed by atoms with van der Waals surface area (Å²) in [6.45, 7) is 2.18. The quantitative estimate of drug-likeness (QED) is 0.224. The molecule has 3 heterocycles. The number of rotatable bonds is 0. The smallest absolute Gasteiger partial charge is 0.144 e. The lowest BCUT2D eigenvalue weighted by atomic mass is 10.0. The third-order valence-electron chi connectivity index (χ3n) is 6.97. The second-order valence-corrected chi connectivity index (χ2v) is 10.7. The summed E-state index contributed by atoms with van der Waals surface area (Å²) in [5, 5.41) is 3.93. The van der Waals surface area contributed by atoms with E-state index in [1.54, 1.807) is 0 Å². The Hall–Kier alpha value is -3.56. The van der Waals surface area contributed by atoms with E-state index in [0.717, 1.165) is 17.9 Å². The van der Waals surface area contributed by atoms with E-state index in [2.05, 4.69) is 96.4 Å². The Morgan fingerprint density at radius 1 is 0.875 bits per heavy atom. The van der Waals surface area contributed by atoms with Gasteiger partial charge >= 0.3 is 0 Å². The van der Waals surface area contributed by atoms with Crippen LogP contribution in [-0.2, 0) is 0 Å². The first-order valence-electron chi connectivity index (χ1n) is 11.1. The SMILES string of the molecule is Cc1cc2ccccc2c2c1Oc1cccc3c1S2=C1CC=Cc2c1n-3c1ccccc21. The van der Waals surface area contributed by atoms with Crippen LogP contribution in [-0.4, -0.2) is 9.43 Å². The normalized spacial score (nSPS) is 17.2. The summed E-state index contributed by atoms with van der Waals surface area (Å²) >= 11 is 0. The summed E-state index contributed by atoms with van der Waals surface area (Å²) in [5.41, 5.74) is 6.49. The minimum Gasteiger partial charge on any atom is -0.455 e. The van der Waals surface area contributed by atoms with Crippen molar-refractivity contribution in [3.63, 3.8) is 0 Å². The van der Waals surface area contributed by atoms with Crippen molar-refractivity contribution < 1.29 is 4.74 Å². The summed E-state index contributed by atoms with van der Waals surface area (Å²) < 4.78 is 9.15. The zero-order chi connectivity index (χ0) is 21.0. The number of hydrogen-bond acceptors (Lipinski definition) is 1. The van der Waals surface area contributed by atoms with Crippen LogP contribution in [0.4, 0.5) is 0 Å². The van der Waals surface area contributed by atoms with Crippen molar-refractivity contribution in [2.45, 2.75) is 23.1 Å². The van der Waals surface area contributed by atoms with Crippen molar-refractivity contribution in [1.29, 1.82) is 0 Å². The summed E-state index contributed by atoms with van der Waals surface area (Å²) in [5.74, 6) is 2.05. The first-order chi connectivity index (χ1) is 15.8. The average molecular weight is 430 g/mol. The second-order valence-electron chi connectivity index (χ2n) is 8.73. The van der Waals surface area contributed by atoms with Crippen molar-refractivity contribution in [2.75, 3.05) is 0 Å². The highest BCUT2D eigenvalue weighted by molar-refractivity contribution is 8.16. The lowest BCUT2D eigenvalue weighted by molar-refractivity contribution is 0.451. The number of aromatic nitrogens is 1. The maximum atomic E-state index is 6.67. The highest BCUT2D eigenvalue weighted by Crippen LogP contribution is 2.61. The maximum Gasteiger partial charge on any atom is 0.144 e. The molecule has 3 aliphatic rings. The fraction of sp³-hybridized carbons (Fsp3) is 0.0690. The van der Waals surface area contributed by atoms with Crippen LogP contribution in [0.2, 0.25) is 0 Å². The molecule has 0 radical (unpaired) electrons. The zero-order valence-corrected chi connectivity index (χ0v) is 18.4. The van der Waals surface area contributed by atoms with Gasteiger partial charge in [-0.3, -0.25) is 0 Å². The van der Waals surface area contributed by atoms with Gasteiger partial charge in [0.05, 0.1) is 26.7 Å². The largest absolute Gasteiger partial charge is 0.455 e. The molecule has 0 saturated heterocycles. The molecule has 1 unspecified atom stereocenters. The van der Waals surface area contributed by atoms with Gasteiger partial charge in [-0.15, -0.1) is 10.5 Å². The number of aryl methyl sites for hydroxylation is 1. The third kappa shape index (κ3) is 1.92. The molecule has 1 aliphatic carbocycles. The van der Waals surface area contributed by atoms with Crippen LogP contribution >= 0.6 is 10.5 Å². The van der Waals surface area contributed by atoms with E-state index in [0.29, 0.717) is 0 Å². The summed E-state index contributed by atoms with van der Waals surface area (Å²) in [7, 11) is -0.176. The highest BCUT2D eigenvalue weighted by atomic mass is 32.2. The van der Waals surface area contributed by atoms with E-state index < -0.39 is 0 Å². The van der Waals surface area contributed by atoms with Crippen molar-refractivity contribution in [2.24, 2.45) is 0 Å². The van der Waals surface area contributed by atoms with Crippen molar-refractivity contribution in [3.8, 4) is 17.2 Å². The van der Waals surface area contributed by atoms with E-state index in [1.807, 2.05) is 0 Å². The lowest BCUT2D eigenvalue weighted by Gasteiger charge is -2.35. The van der Waals surface area contributed by atoms with Crippen molar-refractivity contribution in [1.82, 2.24) is 4.57 Å². The monoisotopic (exact) mass is 429 g/mol. The lowest BCUT2D eigenvalue weighted by Crippen LogP contribution is -2.19. The predicted molar refractivity (Wildman–Crippen MR) is 134 cm³/mol. The Kier molecular flexibility index (Phi) is 3.10. The second kappa shape index (κ2) is 5.81. The van der Waals surface area contributed by atoms with Gasteiger partial charge in [0, 0.05) is 15.8 Å². The molecular weight excluding hydrogens is 410 g/mol. The minimum atomic E-state index is -0.176. The number of allylic oxidation sites excluding steroid dienone is 1. The van der Waals surface area contributed by atoms with Crippen LogP contribution in [0.5, 0.6) is 11.5 Å². The summed E-state index contributed by atoms with van der Waals surface area (Å²) in [4.78, 5) is 4.20. The van der Waals surface area contributed by atoms with Gasteiger partial charge in [0.1, 0.15) is 11.5 Å². The van der Waals surface area contributed by atoms with E-state index >= 15 is 0 Å². The van der Waals surface area contributed by atoms with Crippen LogP contribution in [0.1, 0.15) is 23.2 Å². The molecule has 4 aromatic carbocycles. The molecular formula is C29H19NOS. The van der Waals surface area contributed by atoms with Crippen LogP contribution in [0, 0.1) is 6.92 Å². The van der Waals surface area contributed by atoms with Crippen LogP contribution in [0.15, 0.2) is 88.7 Å². The molecule has 1 atom stereocenters. The van der Waals surface area contributed by atoms with E-state index in [1.165, 1.54) is 58.8 Å². The van der Waals surface area contributed by atoms with Gasteiger partial charge in [0.15, 0.2) is 0 Å².